The van der Waals surface area contributed by atoms with Crippen LogP contribution in [0, 0.1) is 45.3 Å². The molecule has 12 rings (SSSR count). The summed E-state index contributed by atoms with van der Waals surface area (Å²) in [5, 5.41) is 39.5. The van der Waals surface area contributed by atoms with E-state index in [9.17, 15) is 40.2 Å². The van der Waals surface area contributed by atoms with Crippen LogP contribution in [0.4, 0.5) is 0 Å². The summed E-state index contributed by atoms with van der Waals surface area (Å²) in [6.45, 7) is -1.56. The van der Waals surface area contributed by atoms with Crippen molar-refractivity contribution in [2.75, 3.05) is 0 Å². The second-order valence-electron chi connectivity index (χ2n) is 20.1. The van der Waals surface area contributed by atoms with E-state index in [4.69, 9.17) is 18.9 Å². The standard InChI is InChI=1S/C68H36N4O12S2/c69-29-41-21-47-48(22-42(41)30-70)58(74)51(57(47)73)25-45-27-53-55(67(45,63(77)81-33-37-13-5-1-6-14-37)64(78)82-34-38-15-7-2-8-16-38)61-62(85-53)56-54(86-61)28-46(26-52-59(75)49-23-43(31-71)44(32-72)24-50(49)60(52)76)68(56,65(79)83-35-39-17-9-3-10-18-39)66(80)84-36-40-19-11-4-12-20-40/h1-28H,33-36H2. The summed E-state index contributed by atoms with van der Waals surface area (Å²) in [7, 11) is 0. The Bertz CT molecular complexity index is 4160. The molecule has 0 radical (unpaired) electrons. The maximum atomic E-state index is 15.8. The lowest BCUT2D eigenvalue weighted by molar-refractivity contribution is -0.166. The molecule has 86 heavy (non-hydrogen) atoms. The number of esters is 4. The summed E-state index contributed by atoms with van der Waals surface area (Å²) in [6.07, 6.45) is 4.99. The van der Waals surface area contributed by atoms with E-state index in [1.807, 2.05) is 24.3 Å². The van der Waals surface area contributed by atoms with E-state index in [2.05, 4.69) is 0 Å². The van der Waals surface area contributed by atoms with Crippen LogP contribution in [0.15, 0.2) is 180 Å². The first-order valence-corrected chi connectivity index (χ1v) is 27.9. The van der Waals surface area contributed by atoms with Gasteiger partial charge in [0.1, 0.15) is 50.7 Å². The zero-order chi connectivity index (χ0) is 60.0. The van der Waals surface area contributed by atoms with Crippen LogP contribution in [0.25, 0.3) is 21.6 Å². The predicted octanol–water partition coefficient (Wildman–Crippen LogP) is 10.7. The van der Waals surface area contributed by atoms with Gasteiger partial charge in [0.15, 0.2) is 23.1 Å². The molecule has 6 aromatic carbocycles. The highest BCUT2D eigenvalue weighted by Gasteiger charge is 2.63. The van der Waals surface area contributed by atoms with Crippen molar-refractivity contribution >= 4 is 91.2 Å². The largest absolute Gasteiger partial charge is 0.459 e. The fraction of sp³-hybridized carbons (Fsp3) is 0.0882. The number of rotatable bonds is 14. The lowest BCUT2D eigenvalue weighted by Crippen LogP contribution is -2.46. The molecule has 2 aromatic heterocycles. The molecule has 4 aliphatic carbocycles. The quantitative estimate of drug-likeness (QED) is 0.0322. The number of benzene rings is 6. The number of hydrogen-bond donors (Lipinski definition) is 0. The van der Waals surface area contributed by atoms with Gasteiger partial charge < -0.3 is 18.9 Å². The SMILES string of the molecule is N#Cc1cc2c(cc1C#N)C(=O)C(=CC1=Cc3sc4c5c(sc4c3C1(C(=O)OCc1ccccc1)C(=O)OCc1ccccc1)C=C(C=C1C(=O)c3cc(C#N)c(C#N)cc3C1=O)C5(C(=O)OCc1ccccc1)C(=O)OCc1ccccc1)C2=O. The molecule has 0 spiro atoms. The van der Waals surface area contributed by atoms with Gasteiger partial charge in [-0.05, 0) is 82.0 Å². The molecule has 16 nitrogen and oxygen atoms in total. The number of carbonyl (C=O) groups is 8. The predicted molar refractivity (Wildman–Crippen MR) is 309 cm³/mol. The minimum absolute atomic E-state index is 0.0653. The molecule has 0 amide bonds. The topological polar surface area (TPSA) is 269 Å². The molecule has 18 heteroatoms. The van der Waals surface area contributed by atoms with Crippen LogP contribution in [0.5, 0.6) is 0 Å². The highest BCUT2D eigenvalue weighted by atomic mass is 32.1. The summed E-state index contributed by atoms with van der Waals surface area (Å²) < 4.78 is 24.8. The van der Waals surface area contributed by atoms with Gasteiger partial charge in [-0.2, -0.15) is 21.0 Å². The van der Waals surface area contributed by atoms with Crippen LogP contribution < -0.4 is 0 Å². The van der Waals surface area contributed by atoms with Crippen LogP contribution in [0.1, 0.15) is 107 Å². The summed E-state index contributed by atoms with van der Waals surface area (Å²) in [5.41, 5.74) is -6.46. The Morgan fingerprint density at radius 1 is 0.395 bits per heavy atom. The zero-order valence-electron chi connectivity index (χ0n) is 44.5. The summed E-state index contributed by atoms with van der Waals surface area (Å²) in [5.74, 6) is -8.33. The summed E-state index contributed by atoms with van der Waals surface area (Å²) in [6, 6.07) is 46.2. The number of allylic oxidation sites excluding steroid dienone is 4. The van der Waals surface area contributed by atoms with Gasteiger partial charge in [-0.25, -0.2) is 0 Å². The highest BCUT2D eigenvalue weighted by Crippen LogP contribution is 2.60. The molecule has 8 aromatic rings. The minimum Gasteiger partial charge on any atom is -0.459 e. The van der Waals surface area contributed by atoms with Gasteiger partial charge in [-0.1, -0.05) is 121 Å². The summed E-state index contributed by atoms with van der Waals surface area (Å²) in [4.78, 5) is 121. The Hall–Kier alpha value is -11.5. The van der Waals surface area contributed by atoms with E-state index in [0.717, 1.165) is 59.1 Å². The monoisotopic (exact) mass is 1160 g/mol. The molecule has 0 N–H and O–H groups in total. The number of carbonyl (C=O) groups excluding carboxylic acids is 8. The van der Waals surface area contributed by atoms with Gasteiger partial charge in [0.05, 0.1) is 42.8 Å². The van der Waals surface area contributed by atoms with Crippen molar-refractivity contribution in [3.05, 3.63) is 268 Å². The van der Waals surface area contributed by atoms with Gasteiger partial charge in [0, 0.05) is 43.1 Å². The van der Waals surface area contributed by atoms with Crippen molar-refractivity contribution in [2.24, 2.45) is 0 Å². The van der Waals surface area contributed by atoms with Gasteiger partial charge in [-0.3, -0.25) is 38.4 Å². The molecular weight excluding hydrogens is 1130 g/mol. The Morgan fingerprint density at radius 2 is 0.640 bits per heavy atom. The average Bonchev–Trinajstić information content (AvgIpc) is 1.62. The first-order chi connectivity index (χ1) is 41.8. The van der Waals surface area contributed by atoms with Crippen molar-refractivity contribution in [1.82, 2.24) is 0 Å². The van der Waals surface area contributed by atoms with Crippen molar-refractivity contribution in [3.63, 3.8) is 0 Å². The molecule has 2 heterocycles. The normalized spacial score (nSPS) is 14.5. The minimum atomic E-state index is -2.70. The Balaban J connectivity index is 1.10. The van der Waals surface area contributed by atoms with Crippen LogP contribution >= 0.6 is 22.7 Å². The van der Waals surface area contributed by atoms with Gasteiger partial charge >= 0.3 is 23.9 Å². The van der Waals surface area contributed by atoms with Crippen LogP contribution in [0.2, 0.25) is 0 Å². The highest BCUT2D eigenvalue weighted by molar-refractivity contribution is 7.29. The number of ketones is 4. The summed E-state index contributed by atoms with van der Waals surface area (Å²) >= 11 is 1.83. The number of hydrogen-bond acceptors (Lipinski definition) is 18. The van der Waals surface area contributed by atoms with Gasteiger partial charge in [-0.15, -0.1) is 22.7 Å². The fourth-order valence-electron chi connectivity index (χ4n) is 11.0. The molecule has 0 aliphatic heterocycles. The van der Waals surface area contributed by atoms with E-state index in [-0.39, 0.29) is 112 Å². The van der Waals surface area contributed by atoms with Crippen LogP contribution in [-0.2, 0) is 75.4 Å². The fourth-order valence-corrected chi connectivity index (χ4v) is 14.0. The van der Waals surface area contributed by atoms with Crippen molar-refractivity contribution in [1.29, 1.82) is 21.0 Å². The molecular formula is C68H36N4O12S2. The van der Waals surface area contributed by atoms with Crippen molar-refractivity contribution in [3.8, 4) is 24.3 Å². The molecule has 4 aliphatic rings. The molecule has 0 unspecified atom stereocenters. The first-order valence-electron chi connectivity index (χ1n) is 26.2. The number of nitriles is 4. The van der Waals surface area contributed by atoms with Gasteiger partial charge in [0.2, 0.25) is 10.8 Å². The molecule has 0 atom stereocenters. The molecule has 0 fully saturated rings. The first kappa shape index (κ1) is 55.0. The van der Waals surface area contributed by atoms with E-state index >= 15 is 19.2 Å². The van der Waals surface area contributed by atoms with Crippen molar-refractivity contribution in [2.45, 2.75) is 37.3 Å². The molecule has 0 saturated carbocycles. The van der Waals surface area contributed by atoms with Crippen LogP contribution in [0.3, 0.4) is 0 Å². The number of nitrogens with zero attached hydrogens (tertiary/aromatic N) is 4. The Labute approximate surface area is 496 Å². The van der Waals surface area contributed by atoms with E-state index in [1.165, 1.54) is 12.2 Å². The van der Waals surface area contributed by atoms with E-state index in [1.54, 1.807) is 121 Å². The maximum absolute atomic E-state index is 15.8. The second-order valence-corrected chi connectivity index (χ2v) is 22.2. The zero-order valence-corrected chi connectivity index (χ0v) is 46.1. The number of fused-ring (bicyclic) bond motifs is 7. The Kier molecular flexibility index (Phi) is 14.1. The lowest BCUT2D eigenvalue weighted by Gasteiger charge is -2.29. The third kappa shape index (κ3) is 8.85. The maximum Gasteiger partial charge on any atom is 0.333 e. The van der Waals surface area contributed by atoms with Crippen LogP contribution in [-0.4, -0.2) is 47.0 Å². The smallest absolute Gasteiger partial charge is 0.333 e. The third-order valence-corrected chi connectivity index (χ3v) is 17.6. The average molecular weight is 1170 g/mol. The third-order valence-electron chi connectivity index (χ3n) is 15.2. The van der Waals surface area contributed by atoms with Crippen molar-refractivity contribution < 1.29 is 57.3 Å². The van der Waals surface area contributed by atoms with E-state index in [0.29, 0.717) is 22.3 Å². The Morgan fingerprint density at radius 3 is 0.872 bits per heavy atom. The van der Waals surface area contributed by atoms with E-state index < -0.39 is 69.0 Å². The molecule has 412 valence electrons. The number of Topliss-reactive ketones (excluding diaryl/α,β-unsaturated/α-hetero) is 4. The molecule has 0 saturated heterocycles. The number of thiophene rings is 2. The lowest BCUT2D eigenvalue weighted by atomic mass is 9.75. The number of ether oxygens (including phenoxy) is 4. The van der Waals surface area contributed by atoms with Gasteiger partial charge in [0.25, 0.3) is 0 Å². The molecule has 0 bridgehead atoms. The second kappa shape index (κ2) is 22.0.